The summed E-state index contributed by atoms with van der Waals surface area (Å²) >= 11 is 0. The fourth-order valence-electron chi connectivity index (χ4n) is 1.94. The Bertz CT molecular complexity index is 697. The van der Waals surface area contributed by atoms with Crippen LogP contribution in [-0.2, 0) is 9.53 Å². The molecule has 0 fully saturated rings. The van der Waals surface area contributed by atoms with Crippen LogP contribution in [-0.4, -0.2) is 41.1 Å². The largest absolute Gasteiger partial charge is 0.486 e. The van der Waals surface area contributed by atoms with Crippen molar-refractivity contribution in [2.24, 2.45) is 0 Å². The molecular weight excluding hydrogens is 288 g/mol. The summed E-state index contributed by atoms with van der Waals surface area (Å²) in [6.45, 7) is 1.05. The molecule has 1 N–H and O–H groups in total. The monoisotopic (exact) mass is 302 g/mol. The summed E-state index contributed by atoms with van der Waals surface area (Å²) in [6.07, 6.45) is 4.24. The van der Waals surface area contributed by atoms with Crippen molar-refractivity contribution >= 4 is 17.4 Å². The van der Waals surface area contributed by atoms with Crippen molar-refractivity contribution in [1.29, 1.82) is 0 Å². The van der Waals surface area contributed by atoms with Crippen molar-refractivity contribution in [3.8, 4) is 11.5 Å². The third kappa shape index (κ3) is 2.85. The molecule has 0 spiro atoms. The van der Waals surface area contributed by atoms with E-state index in [0.717, 1.165) is 5.69 Å². The maximum absolute atomic E-state index is 11.8. The van der Waals surface area contributed by atoms with E-state index in [9.17, 15) is 4.79 Å². The Morgan fingerprint density at radius 1 is 1.36 bits per heavy atom. The highest BCUT2D eigenvalue weighted by Gasteiger charge is 2.14. The van der Waals surface area contributed by atoms with Gasteiger partial charge in [-0.15, -0.1) is 0 Å². The smallest absolute Gasteiger partial charge is 0.358 e. The first-order valence-electron chi connectivity index (χ1n) is 6.57. The Labute approximate surface area is 126 Å². The molecule has 0 radical (unpaired) electrons. The summed E-state index contributed by atoms with van der Waals surface area (Å²) in [4.78, 5) is 15.6. The number of esters is 1. The number of carbonyl (C=O) groups excluding carboxylic acids is 1. The lowest BCUT2D eigenvalue weighted by atomic mass is 10.2. The van der Waals surface area contributed by atoms with E-state index in [0.29, 0.717) is 24.7 Å². The molecule has 0 bridgehead atoms. The SMILES string of the molecule is COC(=O)/C(=C/Nc1ccc2c(c1)OCCO2)n1cncn1. The molecule has 0 amide bonds. The average Bonchev–Trinajstić information content (AvgIpc) is 3.09. The number of fused-ring (bicyclic) bond motifs is 1. The van der Waals surface area contributed by atoms with Gasteiger partial charge < -0.3 is 19.5 Å². The predicted octanol–water partition coefficient (Wildman–Crippen LogP) is 1.13. The Morgan fingerprint density at radius 2 is 2.18 bits per heavy atom. The van der Waals surface area contributed by atoms with Crippen molar-refractivity contribution in [3.63, 3.8) is 0 Å². The molecule has 1 aliphatic heterocycles. The van der Waals surface area contributed by atoms with E-state index in [1.807, 2.05) is 6.07 Å². The zero-order chi connectivity index (χ0) is 15.4. The van der Waals surface area contributed by atoms with Gasteiger partial charge >= 0.3 is 5.97 Å². The highest BCUT2D eigenvalue weighted by molar-refractivity contribution is 6.09. The molecule has 1 aromatic heterocycles. The Kier molecular flexibility index (Phi) is 3.90. The summed E-state index contributed by atoms with van der Waals surface area (Å²) < 4.78 is 17.0. The Morgan fingerprint density at radius 3 is 2.91 bits per heavy atom. The fraction of sp³-hybridized carbons (Fsp3) is 0.214. The van der Waals surface area contributed by atoms with Crippen LogP contribution in [0.5, 0.6) is 11.5 Å². The quantitative estimate of drug-likeness (QED) is 0.669. The van der Waals surface area contributed by atoms with Crippen molar-refractivity contribution in [2.75, 3.05) is 25.6 Å². The summed E-state index contributed by atoms with van der Waals surface area (Å²) in [6, 6.07) is 5.42. The molecule has 0 saturated heterocycles. The van der Waals surface area contributed by atoms with Gasteiger partial charge in [-0.05, 0) is 12.1 Å². The minimum atomic E-state index is -0.532. The molecule has 114 valence electrons. The van der Waals surface area contributed by atoms with Crippen LogP contribution in [0.1, 0.15) is 0 Å². The molecule has 0 aliphatic carbocycles. The van der Waals surface area contributed by atoms with E-state index >= 15 is 0 Å². The molecule has 2 aromatic rings. The van der Waals surface area contributed by atoms with Gasteiger partial charge in [-0.1, -0.05) is 0 Å². The number of nitrogens with zero attached hydrogens (tertiary/aromatic N) is 3. The zero-order valence-electron chi connectivity index (χ0n) is 11.9. The molecule has 0 atom stereocenters. The van der Waals surface area contributed by atoms with E-state index < -0.39 is 5.97 Å². The van der Waals surface area contributed by atoms with Crippen LogP contribution >= 0.6 is 0 Å². The molecule has 0 saturated carbocycles. The van der Waals surface area contributed by atoms with Crippen molar-refractivity contribution in [1.82, 2.24) is 14.8 Å². The van der Waals surface area contributed by atoms with Crippen LogP contribution in [0.2, 0.25) is 0 Å². The second kappa shape index (κ2) is 6.17. The number of nitrogens with one attached hydrogen (secondary N) is 1. The molecule has 0 unspecified atom stereocenters. The van der Waals surface area contributed by atoms with E-state index in [2.05, 4.69) is 15.4 Å². The molecule has 2 heterocycles. The van der Waals surface area contributed by atoms with E-state index in [-0.39, 0.29) is 5.70 Å². The summed E-state index contributed by atoms with van der Waals surface area (Å²) in [5.74, 6) is 0.825. The van der Waals surface area contributed by atoms with Crippen molar-refractivity contribution < 1.29 is 19.0 Å². The van der Waals surface area contributed by atoms with Crippen molar-refractivity contribution in [3.05, 3.63) is 37.1 Å². The van der Waals surface area contributed by atoms with Gasteiger partial charge in [-0.2, -0.15) is 5.10 Å². The minimum absolute atomic E-state index is 0.204. The maximum Gasteiger partial charge on any atom is 0.358 e. The van der Waals surface area contributed by atoms with Gasteiger partial charge in [0.2, 0.25) is 0 Å². The first-order valence-corrected chi connectivity index (χ1v) is 6.57. The molecule has 22 heavy (non-hydrogen) atoms. The standard InChI is InChI=1S/C14H14N4O4/c1-20-14(19)11(18-9-15-8-17-18)7-16-10-2-3-12-13(6-10)22-5-4-21-12/h2-3,6-9,16H,4-5H2,1H3/b11-7-. The molecular formula is C14H14N4O4. The first kappa shape index (κ1) is 13.9. The third-order valence-corrected chi connectivity index (χ3v) is 2.98. The van der Waals surface area contributed by atoms with Crippen LogP contribution in [0.15, 0.2) is 37.1 Å². The Hall–Kier alpha value is -3.03. The second-order valence-electron chi connectivity index (χ2n) is 4.36. The third-order valence-electron chi connectivity index (χ3n) is 2.98. The normalized spacial score (nSPS) is 13.6. The first-order chi connectivity index (χ1) is 10.8. The topological polar surface area (TPSA) is 87.5 Å². The van der Waals surface area contributed by atoms with E-state index in [4.69, 9.17) is 14.2 Å². The molecule has 1 aromatic carbocycles. The number of hydrogen-bond donors (Lipinski definition) is 1. The number of rotatable bonds is 4. The van der Waals surface area contributed by atoms with Gasteiger partial charge in [0.25, 0.3) is 0 Å². The fourth-order valence-corrected chi connectivity index (χ4v) is 1.94. The number of carbonyl (C=O) groups is 1. The van der Waals surface area contributed by atoms with E-state index in [1.54, 1.807) is 12.1 Å². The molecule has 3 rings (SSSR count). The van der Waals surface area contributed by atoms with Crippen LogP contribution in [0.25, 0.3) is 5.70 Å². The number of hydrogen-bond acceptors (Lipinski definition) is 7. The molecule has 8 nitrogen and oxygen atoms in total. The highest BCUT2D eigenvalue weighted by Crippen LogP contribution is 2.32. The van der Waals surface area contributed by atoms with Crippen LogP contribution in [0, 0.1) is 0 Å². The summed E-state index contributed by atoms with van der Waals surface area (Å²) in [7, 11) is 1.30. The maximum atomic E-state index is 11.8. The van der Waals surface area contributed by atoms with Gasteiger partial charge in [-0.3, -0.25) is 0 Å². The molecule has 1 aliphatic rings. The Balaban J connectivity index is 1.83. The lowest BCUT2D eigenvalue weighted by Gasteiger charge is -2.18. The lowest BCUT2D eigenvalue weighted by molar-refractivity contribution is -0.134. The van der Waals surface area contributed by atoms with Gasteiger partial charge in [0.15, 0.2) is 17.2 Å². The van der Waals surface area contributed by atoms with Gasteiger partial charge in [-0.25, -0.2) is 14.5 Å². The number of ether oxygens (including phenoxy) is 3. The number of methoxy groups -OCH3 is 1. The zero-order valence-corrected chi connectivity index (χ0v) is 11.9. The average molecular weight is 302 g/mol. The minimum Gasteiger partial charge on any atom is -0.486 e. The summed E-state index contributed by atoms with van der Waals surface area (Å²) in [5.41, 5.74) is 0.945. The van der Waals surface area contributed by atoms with Crippen LogP contribution in [0.3, 0.4) is 0 Å². The predicted molar refractivity (Wildman–Crippen MR) is 77.4 cm³/mol. The molecule has 8 heteroatoms. The van der Waals surface area contributed by atoms with Gasteiger partial charge in [0.1, 0.15) is 25.9 Å². The van der Waals surface area contributed by atoms with Crippen LogP contribution in [0.4, 0.5) is 5.69 Å². The van der Waals surface area contributed by atoms with Crippen LogP contribution < -0.4 is 14.8 Å². The highest BCUT2D eigenvalue weighted by atomic mass is 16.6. The number of benzene rings is 1. The van der Waals surface area contributed by atoms with Crippen molar-refractivity contribution in [2.45, 2.75) is 0 Å². The lowest BCUT2D eigenvalue weighted by Crippen LogP contribution is -2.15. The van der Waals surface area contributed by atoms with Gasteiger partial charge in [0, 0.05) is 18.0 Å². The van der Waals surface area contributed by atoms with Gasteiger partial charge in [0.05, 0.1) is 7.11 Å². The number of anilines is 1. The number of aromatic nitrogens is 3. The second-order valence-corrected chi connectivity index (χ2v) is 4.36. The van der Waals surface area contributed by atoms with E-state index in [1.165, 1.54) is 30.6 Å². The summed E-state index contributed by atoms with van der Waals surface area (Å²) in [5, 5.41) is 6.93.